The van der Waals surface area contributed by atoms with Gasteiger partial charge in [-0.3, -0.25) is 14.3 Å². The largest absolute Gasteiger partial charge is 0.395 e. The second-order valence-corrected chi connectivity index (χ2v) is 10.6. The molecule has 1 aromatic heterocycles. The Labute approximate surface area is 250 Å². The summed E-state index contributed by atoms with van der Waals surface area (Å²) in [7, 11) is 0. The molecule has 9 nitrogen and oxygen atoms in total. The molecule has 1 unspecified atom stereocenters. The lowest BCUT2D eigenvalue weighted by molar-refractivity contribution is -0.139. The lowest BCUT2D eigenvalue weighted by Gasteiger charge is -2.27. The van der Waals surface area contributed by atoms with E-state index >= 15 is 0 Å². The zero-order chi connectivity index (χ0) is 30.4. The van der Waals surface area contributed by atoms with Gasteiger partial charge >= 0.3 is 0 Å². The number of allylic oxidation sites excluding steroid dienone is 1. The predicted octanol–water partition coefficient (Wildman–Crippen LogP) is 4.66. The number of carbonyl (C=O) groups is 2. The number of fused-ring (bicyclic) bond motifs is 1. The Hall–Kier alpha value is -4.86. The van der Waals surface area contributed by atoms with E-state index in [0.29, 0.717) is 41.2 Å². The molecule has 43 heavy (non-hydrogen) atoms. The van der Waals surface area contributed by atoms with Crippen LogP contribution in [0.5, 0.6) is 0 Å². The first kappa shape index (κ1) is 29.6. The molecule has 3 N–H and O–H groups in total. The molecule has 1 aliphatic rings. The van der Waals surface area contributed by atoms with Crippen LogP contribution in [0.4, 0.5) is 11.4 Å². The second kappa shape index (κ2) is 13.0. The molecule has 0 saturated heterocycles. The van der Waals surface area contributed by atoms with Crippen molar-refractivity contribution in [2.75, 3.05) is 23.4 Å². The maximum atomic E-state index is 13.6. The van der Waals surface area contributed by atoms with Crippen molar-refractivity contribution in [2.24, 2.45) is 5.92 Å². The van der Waals surface area contributed by atoms with Gasteiger partial charge in [0.1, 0.15) is 0 Å². The van der Waals surface area contributed by atoms with Gasteiger partial charge < -0.3 is 20.4 Å². The van der Waals surface area contributed by atoms with Crippen molar-refractivity contribution in [3.8, 4) is 0 Å². The van der Waals surface area contributed by atoms with Crippen molar-refractivity contribution in [3.63, 3.8) is 0 Å². The van der Waals surface area contributed by atoms with Gasteiger partial charge in [0, 0.05) is 42.0 Å². The molecule has 0 saturated carbocycles. The minimum Gasteiger partial charge on any atom is -0.395 e. The zero-order valence-electron chi connectivity index (χ0n) is 24.0. The summed E-state index contributed by atoms with van der Waals surface area (Å²) in [5, 5.41) is 33.2. The van der Waals surface area contributed by atoms with Crippen LogP contribution in [-0.4, -0.2) is 50.2 Å². The number of aliphatic hydroxyl groups excluding tert-OH is 1. The summed E-state index contributed by atoms with van der Waals surface area (Å²) in [6.45, 7) is 6.26. The summed E-state index contributed by atoms with van der Waals surface area (Å²) >= 11 is 0. The minimum absolute atomic E-state index is 0.0747. The quantitative estimate of drug-likeness (QED) is 0.211. The van der Waals surface area contributed by atoms with Gasteiger partial charge in [0.2, 0.25) is 0 Å². The van der Waals surface area contributed by atoms with Crippen LogP contribution in [0.2, 0.25) is 0 Å². The Balaban J connectivity index is 1.30. The van der Waals surface area contributed by atoms with E-state index < -0.39 is 17.4 Å². The Bertz CT molecular complexity index is 1620. The second-order valence-electron chi connectivity index (χ2n) is 10.6. The van der Waals surface area contributed by atoms with E-state index in [1.807, 2.05) is 54.7 Å². The van der Waals surface area contributed by atoms with Crippen LogP contribution in [0.15, 0.2) is 110 Å². The summed E-state index contributed by atoms with van der Waals surface area (Å²) in [5.41, 5.74) is 1.82. The number of hydrogen-bond acceptors (Lipinski definition) is 6. The van der Waals surface area contributed by atoms with Crippen molar-refractivity contribution >= 4 is 23.2 Å². The Morgan fingerprint density at radius 1 is 1.09 bits per heavy atom. The fourth-order valence-electron chi connectivity index (χ4n) is 5.41. The molecule has 2 heterocycles. The highest BCUT2D eigenvalue weighted by Crippen LogP contribution is 2.46. The van der Waals surface area contributed by atoms with Crippen molar-refractivity contribution in [1.29, 1.82) is 0 Å². The topological polar surface area (TPSA) is 121 Å². The third-order valence-electron chi connectivity index (χ3n) is 7.78. The number of amides is 2. The smallest absolute Gasteiger partial charge is 0.264 e. The zero-order valence-corrected chi connectivity index (χ0v) is 24.0. The van der Waals surface area contributed by atoms with Crippen molar-refractivity contribution in [3.05, 3.63) is 132 Å². The van der Waals surface area contributed by atoms with Gasteiger partial charge in [-0.25, -0.2) is 0 Å². The van der Waals surface area contributed by atoms with Crippen LogP contribution in [0, 0.1) is 5.92 Å². The van der Waals surface area contributed by atoms with Crippen LogP contribution >= 0.6 is 0 Å². The highest BCUT2D eigenvalue weighted by Gasteiger charge is 2.52. The third-order valence-corrected chi connectivity index (χ3v) is 7.78. The Morgan fingerprint density at radius 2 is 1.81 bits per heavy atom. The first-order chi connectivity index (χ1) is 20.9. The van der Waals surface area contributed by atoms with Gasteiger partial charge in [-0.1, -0.05) is 78.9 Å². The summed E-state index contributed by atoms with van der Waals surface area (Å²) < 4.78 is 1.72. The lowest BCUT2D eigenvalue weighted by Crippen LogP contribution is -2.44. The monoisotopic (exact) mass is 577 g/mol. The number of rotatable bonds is 12. The maximum Gasteiger partial charge on any atom is 0.264 e. The van der Waals surface area contributed by atoms with Crippen LogP contribution in [0.3, 0.4) is 0 Å². The average Bonchev–Trinajstić information content (AvgIpc) is 3.58. The summed E-state index contributed by atoms with van der Waals surface area (Å²) in [6.07, 6.45) is 7.77. The van der Waals surface area contributed by atoms with Gasteiger partial charge in [0.15, 0.2) is 5.60 Å². The highest BCUT2D eigenvalue weighted by molar-refractivity contribution is 6.09. The van der Waals surface area contributed by atoms with Crippen LogP contribution in [0.25, 0.3) is 0 Å². The van der Waals surface area contributed by atoms with Crippen molar-refractivity contribution in [1.82, 2.24) is 15.0 Å². The van der Waals surface area contributed by atoms with Crippen LogP contribution in [0.1, 0.15) is 46.4 Å². The fourth-order valence-corrected chi connectivity index (χ4v) is 5.41. The van der Waals surface area contributed by atoms with Gasteiger partial charge in [0.05, 0.1) is 23.9 Å². The van der Waals surface area contributed by atoms with Crippen molar-refractivity contribution in [2.45, 2.75) is 31.4 Å². The average molecular weight is 578 g/mol. The summed E-state index contributed by atoms with van der Waals surface area (Å²) in [4.78, 5) is 27.9. The summed E-state index contributed by atoms with van der Waals surface area (Å²) in [6, 6.07) is 23.7. The minimum atomic E-state index is -1.83. The number of aromatic nitrogens is 3. The third kappa shape index (κ3) is 6.04. The van der Waals surface area contributed by atoms with Crippen LogP contribution in [-0.2, 0) is 16.9 Å². The Kier molecular flexibility index (Phi) is 8.94. The van der Waals surface area contributed by atoms with Crippen molar-refractivity contribution < 1.29 is 19.8 Å². The first-order valence-corrected chi connectivity index (χ1v) is 14.3. The van der Waals surface area contributed by atoms with Gasteiger partial charge in [-0.15, -0.1) is 11.7 Å². The van der Waals surface area contributed by atoms with E-state index in [9.17, 15) is 19.8 Å². The van der Waals surface area contributed by atoms with E-state index in [-0.39, 0.29) is 25.0 Å². The van der Waals surface area contributed by atoms with Gasteiger partial charge in [-0.2, -0.15) is 0 Å². The van der Waals surface area contributed by atoms with E-state index in [0.717, 1.165) is 5.56 Å². The molecule has 4 aromatic rings. The molecular formula is C34H35N5O4. The number of carbonyl (C=O) groups excluding carboxylic acids is 2. The molecule has 0 radical (unpaired) electrons. The number of aryl methyl sites for hydroxylation is 1. The molecular weight excluding hydrogens is 542 g/mol. The van der Waals surface area contributed by atoms with Gasteiger partial charge in [0.25, 0.3) is 11.8 Å². The molecule has 220 valence electrons. The molecule has 2 amide bonds. The number of benzene rings is 3. The standard InChI is InChI=1S/C34H35N5O4/c1-3-19-39-31-18-17-27(35-32(41)26-15-8-5-9-16-26)21-29(31)34(43,33(39)42)24(2)12-10-11-20-38-22-30(36-37-38)28(23-40)25-13-6-4-7-14-25/h3-10,12-18,21-22,24,28,40,43H,1,11,19-20,23H2,2H3,(H,35,41)/b12-10+/t24-,28?,34+/m0/s1. The van der Waals surface area contributed by atoms with E-state index in [2.05, 4.69) is 22.2 Å². The summed E-state index contributed by atoms with van der Waals surface area (Å²) in [5.74, 6) is -1.55. The number of anilines is 2. The molecule has 0 spiro atoms. The predicted molar refractivity (Wildman–Crippen MR) is 166 cm³/mol. The molecule has 9 heteroatoms. The number of nitrogens with zero attached hydrogens (tertiary/aromatic N) is 4. The Morgan fingerprint density at radius 3 is 2.51 bits per heavy atom. The number of nitrogens with one attached hydrogen (secondary N) is 1. The molecule has 0 fully saturated rings. The van der Waals surface area contributed by atoms with Gasteiger partial charge in [-0.05, 0) is 42.3 Å². The SMILES string of the molecule is C=CCN1C(=O)[C@@](O)([C@@H](C)/C=C/CCn2cc(C(CO)c3ccccc3)nn2)c2cc(NC(=O)c3ccccc3)ccc21. The molecule has 0 aliphatic carbocycles. The molecule has 1 aliphatic heterocycles. The fraction of sp³-hybridized carbons (Fsp3) is 0.235. The normalized spacial score (nSPS) is 17.6. The molecule has 5 rings (SSSR count). The molecule has 3 atom stereocenters. The molecule has 0 bridgehead atoms. The van der Waals surface area contributed by atoms with Crippen LogP contribution < -0.4 is 10.2 Å². The first-order valence-electron chi connectivity index (χ1n) is 14.3. The molecule has 3 aromatic carbocycles. The number of aliphatic hydroxyl groups is 2. The van der Waals surface area contributed by atoms with E-state index in [4.69, 9.17) is 0 Å². The maximum absolute atomic E-state index is 13.6. The lowest BCUT2D eigenvalue weighted by atomic mass is 9.82. The van der Waals surface area contributed by atoms with E-state index in [1.165, 1.54) is 4.90 Å². The number of hydrogen-bond donors (Lipinski definition) is 3. The van der Waals surface area contributed by atoms with E-state index in [1.54, 1.807) is 60.1 Å². The highest BCUT2D eigenvalue weighted by atomic mass is 16.3.